The molecule has 0 saturated heterocycles. The molecule has 0 radical (unpaired) electrons. The third kappa shape index (κ3) is 3.58. The maximum Gasteiger partial charge on any atom is 0.242 e. The van der Waals surface area contributed by atoms with Crippen molar-refractivity contribution in [3.63, 3.8) is 0 Å². The van der Waals surface area contributed by atoms with Crippen LogP contribution in [-0.4, -0.2) is 40.1 Å². The van der Waals surface area contributed by atoms with Crippen LogP contribution in [0.25, 0.3) is 0 Å². The fraction of sp³-hybridized carbons (Fsp3) is 0.583. The van der Waals surface area contributed by atoms with Gasteiger partial charge >= 0.3 is 0 Å². The Morgan fingerprint density at radius 2 is 2.17 bits per heavy atom. The lowest BCUT2D eigenvalue weighted by molar-refractivity contribution is -0.131. The SMILES string of the molecule is CCn1ncc(CN(C)C(=O)CNC(C)=O)c1C. The van der Waals surface area contributed by atoms with Gasteiger partial charge in [0.1, 0.15) is 0 Å². The van der Waals surface area contributed by atoms with Crippen molar-refractivity contribution in [3.05, 3.63) is 17.5 Å². The molecule has 2 amide bonds. The number of carbonyl (C=O) groups is 2. The van der Waals surface area contributed by atoms with Crippen molar-refractivity contribution in [2.75, 3.05) is 13.6 Å². The van der Waals surface area contributed by atoms with E-state index in [0.29, 0.717) is 6.54 Å². The van der Waals surface area contributed by atoms with E-state index >= 15 is 0 Å². The molecular formula is C12H20N4O2. The first kappa shape index (κ1) is 14.2. The summed E-state index contributed by atoms with van der Waals surface area (Å²) in [6.07, 6.45) is 1.78. The molecule has 0 aromatic carbocycles. The van der Waals surface area contributed by atoms with Crippen LogP contribution in [0.3, 0.4) is 0 Å². The number of nitrogens with one attached hydrogen (secondary N) is 1. The molecule has 0 aliphatic rings. The van der Waals surface area contributed by atoms with Crippen LogP contribution in [-0.2, 0) is 22.7 Å². The number of amides is 2. The highest BCUT2D eigenvalue weighted by atomic mass is 16.2. The first-order chi connectivity index (χ1) is 8.45. The molecule has 1 N–H and O–H groups in total. The maximum absolute atomic E-state index is 11.7. The van der Waals surface area contributed by atoms with Gasteiger partial charge in [-0.05, 0) is 13.8 Å². The van der Waals surface area contributed by atoms with Gasteiger partial charge in [-0.2, -0.15) is 5.10 Å². The first-order valence-electron chi connectivity index (χ1n) is 5.95. The van der Waals surface area contributed by atoms with Gasteiger partial charge in [0.25, 0.3) is 0 Å². The number of rotatable bonds is 5. The van der Waals surface area contributed by atoms with E-state index in [1.54, 1.807) is 18.1 Å². The molecule has 0 bridgehead atoms. The van der Waals surface area contributed by atoms with Crippen molar-refractivity contribution in [3.8, 4) is 0 Å². The number of likely N-dealkylation sites (N-methyl/N-ethyl adjacent to an activating group) is 1. The molecule has 0 saturated carbocycles. The number of aromatic nitrogens is 2. The van der Waals surface area contributed by atoms with Gasteiger partial charge in [-0.3, -0.25) is 14.3 Å². The molecule has 0 aliphatic heterocycles. The van der Waals surface area contributed by atoms with Crippen LogP contribution in [0.5, 0.6) is 0 Å². The van der Waals surface area contributed by atoms with E-state index in [1.807, 2.05) is 18.5 Å². The minimum atomic E-state index is -0.202. The van der Waals surface area contributed by atoms with Crippen LogP contribution in [0, 0.1) is 6.92 Å². The average Bonchev–Trinajstić information content (AvgIpc) is 2.67. The van der Waals surface area contributed by atoms with E-state index in [-0.39, 0.29) is 18.4 Å². The smallest absolute Gasteiger partial charge is 0.242 e. The van der Waals surface area contributed by atoms with E-state index in [2.05, 4.69) is 10.4 Å². The highest BCUT2D eigenvalue weighted by Gasteiger charge is 2.12. The summed E-state index contributed by atoms with van der Waals surface area (Å²) < 4.78 is 1.89. The van der Waals surface area contributed by atoms with E-state index in [9.17, 15) is 9.59 Å². The van der Waals surface area contributed by atoms with Crippen molar-refractivity contribution >= 4 is 11.8 Å². The summed E-state index contributed by atoms with van der Waals surface area (Å²) in [6.45, 7) is 6.75. The molecule has 1 aromatic heterocycles. The predicted molar refractivity (Wildman–Crippen MR) is 67.8 cm³/mol. The zero-order valence-corrected chi connectivity index (χ0v) is 11.4. The minimum Gasteiger partial charge on any atom is -0.347 e. The maximum atomic E-state index is 11.7. The number of hydrogen-bond acceptors (Lipinski definition) is 3. The van der Waals surface area contributed by atoms with Gasteiger partial charge in [0.15, 0.2) is 0 Å². The number of hydrogen-bond donors (Lipinski definition) is 1. The molecule has 0 spiro atoms. The lowest BCUT2D eigenvalue weighted by Crippen LogP contribution is -2.36. The molecular weight excluding hydrogens is 232 g/mol. The van der Waals surface area contributed by atoms with Gasteiger partial charge < -0.3 is 10.2 Å². The summed E-state index contributed by atoms with van der Waals surface area (Å²) in [6, 6.07) is 0. The Hall–Kier alpha value is -1.85. The summed E-state index contributed by atoms with van der Waals surface area (Å²) in [5, 5.41) is 6.72. The Morgan fingerprint density at radius 1 is 1.50 bits per heavy atom. The second kappa shape index (κ2) is 6.18. The summed E-state index contributed by atoms with van der Waals surface area (Å²) in [4.78, 5) is 24.0. The Labute approximate surface area is 107 Å². The van der Waals surface area contributed by atoms with Gasteiger partial charge in [-0.1, -0.05) is 0 Å². The molecule has 0 fully saturated rings. The van der Waals surface area contributed by atoms with Crippen molar-refractivity contribution in [1.29, 1.82) is 0 Å². The summed E-state index contributed by atoms with van der Waals surface area (Å²) in [5.41, 5.74) is 2.09. The number of carbonyl (C=O) groups excluding carboxylic acids is 2. The largest absolute Gasteiger partial charge is 0.347 e. The second-order valence-electron chi connectivity index (χ2n) is 4.23. The Morgan fingerprint density at radius 3 is 2.67 bits per heavy atom. The topological polar surface area (TPSA) is 67.2 Å². The van der Waals surface area contributed by atoms with Crippen LogP contribution >= 0.6 is 0 Å². The fourth-order valence-electron chi connectivity index (χ4n) is 1.64. The van der Waals surface area contributed by atoms with Crippen LogP contribution < -0.4 is 5.32 Å². The number of aryl methyl sites for hydroxylation is 1. The average molecular weight is 252 g/mol. The van der Waals surface area contributed by atoms with E-state index in [4.69, 9.17) is 0 Å². The lowest BCUT2D eigenvalue weighted by atomic mass is 10.2. The van der Waals surface area contributed by atoms with Crippen molar-refractivity contribution in [2.24, 2.45) is 0 Å². The second-order valence-corrected chi connectivity index (χ2v) is 4.23. The van der Waals surface area contributed by atoms with Crippen LogP contribution in [0.4, 0.5) is 0 Å². The predicted octanol–water partition coefficient (Wildman–Crippen LogP) is 0.306. The highest BCUT2D eigenvalue weighted by molar-refractivity contribution is 5.83. The summed E-state index contributed by atoms with van der Waals surface area (Å²) in [7, 11) is 1.72. The monoisotopic (exact) mass is 252 g/mol. The fourth-order valence-corrected chi connectivity index (χ4v) is 1.64. The molecule has 0 unspecified atom stereocenters. The van der Waals surface area contributed by atoms with Gasteiger partial charge in [-0.25, -0.2) is 0 Å². The molecule has 6 nitrogen and oxygen atoms in total. The summed E-state index contributed by atoms with van der Waals surface area (Å²) >= 11 is 0. The van der Waals surface area contributed by atoms with Crippen LogP contribution in [0.1, 0.15) is 25.1 Å². The molecule has 1 aromatic rings. The molecule has 18 heavy (non-hydrogen) atoms. The third-order valence-electron chi connectivity index (χ3n) is 2.83. The minimum absolute atomic E-state index is 0.0345. The van der Waals surface area contributed by atoms with Crippen molar-refractivity contribution in [2.45, 2.75) is 33.9 Å². The normalized spacial score (nSPS) is 10.2. The zero-order valence-electron chi connectivity index (χ0n) is 11.4. The molecule has 0 atom stereocenters. The number of nitrogens with zero attached hydrogens (tertiary/aromatic N) is 3. The Balaban J connectivity index is 2.58. The van der Waals surface area contributed by atoms with Crippen LogP contribution in [0.15, 0.2) is 6.20 Å². The Kier molecular flexibility index (Phi) is 4.88. The molecule has 1 heterocycles. The first-order valence-corrected chi connectivity index (χ1v) is 5.95. The quantitative estimate of drug-likeness (QED) is 0.820. The van der Waals surface area contributed by atoms with Crippen molar-refractivity contribution in [1.82, 2.24) is 20.0 Å². The lowest BCUT2D eigenvalue weighted by Gasteiger charge is -2.17. The molecule has 6 heteroatoms. The van der Waals surface area contributed by atoms with Gasteiger partial charge in [0.05, 0.1) is 12.7 Å². The standard InChI is InChI=1S/C12H20N4O2/c1-5-16-9(2)11(6-14-16)8-15(4)12(18)7-13-10(3)17/h6H,5,7-8H2,1-4H3,(H,13,17). The molecule has 1 rings (SSSR count). The van der Waals surface area contributed by atoms with E-state index in [1.165, 1.54) is 6.92 Å². The van der Waals surface area contributed by atoms with Crippen LogP contribution in [0.2, 0.25) is 0 Å². The van der Waals surface area contributed by atoms with Gasteiger partial charge in [0, 0.05) is 38.3 Å². The van der Waals surface area contributed by atoms with Crippen molar-refractivity contribution < 1.29 is 9.59 Å². The third-order valence-corrected chi connectivity index (χ3v) is 2.83. The molecule has 100 valence electrons. The van der Waals surface area contributed by atoms with E-state index < -0.39 is 0 Å². The van der Waals surface area contributed by atoms with E-state index in [0.717, 1.165) is 17.8 Å². The zero-order chi connectivity index (χ0) is 13.7. The molecule has 0 aliphatic carbocycles. The van der Waals surface area contributed by atoms with Gasteiger partial charge in [-0.15, -0.1) is 0 Å². The Bertz CT molecular complexity index is 439. The summed E-state index contributed by atoms with van der Waals surface area (Å²) in [5.74, 6) is -0.319. The highest BCUT2D eigenvalue weighted by Crippen LogP contribution is 2.09. The van der Waals surface area contributed by atoms with Gasteiger partial charge in [0.2, 0.25) is 11.8 Å².